The van der Waals surface area contributed by atoms with Crippen molar-refractivity contribution in [2.24, 2.45) is 11.7 Å². The van der Waals surface area contributed by atoms with Crippen LogP contribution in [0.2, 0.25) is 0 Å². The summed E-state index contributed by atoms with van der Waals surface area (Å²) in [5.41, 5.74) is 6.48. The van der Waals surface area contributed by atoms with Crippen molar-refractivity contribution >= 4 is 0 Å². The first-order valence-electron chi connectivity index (χ1n) is 7.02. The predicted molar refractivity (Wildman–Crippen MR) is 76.6 cm³/mol. The quantitative estimate of drug-likeness (QED) is 0.889. The molecule has 2 aromatic rings. The molecule has 6 heteroatoms. The van der Waals surface area contributed by atoms with Crippen LogP contribution >= 0.6 is 0 Å². The zero-order chi connectivity index (χ0) is 15.4. The maximum absolute atomic E-state index is 13.6. The zero-order valence-electron chi connectivity index (χ0n) is 12.3. The number of nitrogens with two attached hydrogens (primary N) is 1. The van der Waals surface area contributed by atoms with Gasteiger partial charge in [0, 0.05) is 25.1 Å². The average molecular weight is 294 g/mol. The molecule has 1 aromatic carbocycles. The number of halogens is 2. The highest BCUT2D eigenvalue weighted by Crippen LogP contribution is 2.13. The molecule has 0 amide bonds. The minimum Gasteiger partial charge on any atom is -0.327 e. The lowest BCUT2D eigenvalue weighted by Crippen LogP contribution is -2.28. The van der Waals surface area contributed by atoms with Gasteiger partial charge in [-0.05, 0) is 24.0 Å². The maximum atomic E-state index is 13.6. The fraction of sp³-hybridized carbons (Fsp3) is 0.467. The standard InChI is InChI=1S/C15H20F2N4/c1-10(2)8-21-15(19-9-20-21)7-13(18)5-11-3-4-12(16)6-14(11)17/h3-4,6,9-10,13H,5,7-8,18H2,1-2H3. The summed E-state index contributed by atoms with van der Waals surface area (Å²) < 4.78 is 28.3. The van der Waals surface area contributed by atoms with E-state index in [0.29, 0.717) is 24.3 Å². The highest BCUT2D eigenvalue weighted by Gasteiger charge is 2.14. The van der Waals surface area contributed by atoms with Gasteiger partial charge in [-0.3, -0.25) is 0 Å². The molecule has 0 bridgehead atoms. The Morgan fingerprint density at radius 3 is 2.67 bits per heavy atom. The molecule has 2 N–H and O–H groups in total. The molecule has 0 aliphatic carbocycles. The number of nitrogens with zero attached hydrogens (tertiary/aromatic N) is 3. The monoisotopic (exact) mass is 294 g/mol. The summed E-state index contributed by atoms with van der Waals surface area (Å²) in [5.74, 6) is 0.102. The van der Waals surface area contributed by atoms with E-state index in [4.69, 9.17) is 5.73 Å². The van der Waals surface area contributed by atoms with Gasteiger partial charge in [0.1, 0.15) is 23.8 Å². The molecule has 2 rings (SSSR count). The number of aromatic nitrogens is 3. The van der Waals surface area contributed by atoms with Gasteiger partial charge in [-0.2, -0.15) is 5.10 Å². The number of benzene rings is 1. The Bertz CT molecular complexity index is 595. The Morgan fingerprint density at radius 1 is 1.24 bits per heavy atom. The van der Waals surface area contributed by atoms with Crippen molar-refractivity contribution in [2.45, 2.75) is 39.3 Å². The predicted octanol–water partition coefficient (Wildman–Crippen LogP) is 2.32. The second-order valence-electron chi connectivity index (χ2n) is 5.66. The van der Waals surface area contributed by atoms with Gasteiger partial charge in [-0.1, -0.05) is 19.9 Å². The molecule has 1 aromatic heterocycles. The first kappa shape index (κ1) is 15.6. The van der Waals surface area contributed by atoms with E-state index in [2.05, 4.69) is 23.9 Å². The topological polar surface area (TPSA) is 56.7 Å². The van der Waals surface area contributed by atoms with Gasteiger partial charge in [0.15, 0.2) is 0 Å². The molecule has 0 spiro atoms. The minimum atomic E-state index is -0.582. The van der Waals surface area contributed by atoms with Crippen molar-refractivity contribution in [3.63, 3.8) is 0 Å². The zero-order valence-corrected chi connectivity index (χ0v) is 12.3. The van der Waals surface area contributed by atoms with Gasteiger partial charge < -0.3 is 5.73 Å². The van der Waals surface area contributed by atoms with E-state index in [-0.39, 0.29) is 6.04 Å². The van der Waals surface area contributed by atoms with Gasteiger partial charge in [-0.25, -0.2) is 18.4 Å². The summed E-state index contributed by atoms with van der Waals surface area (Å²) in [6, 6.07) is 3.26. The van der Waals surface area contributed by atoms with Gasteiger partial charge >= 0.3 is 0 Å². The minimum absolute atomic E-state index is 0.292. The first-order chi connectivity index (χ1) is 9.95. The summed E-state index contributed by atoms with van der Waals surface area (Å²) in [4.78, 5) is 4.21. The van der Waals surface area contributed by atoms with Crippen molar-refractivity contribution < 1.29 is 8.78 Å². The molecule has 1 heterocycles. The van der Waals surface area contributed by atoms with Gasteiger partial charge in [-0.15, -0.1) is 0 Å². The van der Waals surface area contributed by atoms with Crippen LogP contribution in [0.15, 0.2) is 24.5 Å². The molecule has 4 nitrogen and oxygen atoms in total. The lowest BCUT2D eigenvalue weighted by Gasteiger charge is -2.14. The molecule has 0 fully saturated rings. The van der Waals surface area contributed by atoms with Crippen LogP contribution in [0.4, 0.5) is 8.78 Å². The molecular weight excluding hydrogens is 274 g/mol. The molecular formula is C15H20F2N4. The van der Waals surface area contributed by atoms with Crippen LogP contribution in [0.5, 0.6) is 0 Å². The second-order valence-corrected chi connectivity index (χ2v) is 5.66. The largest absolute Gasteiger partial charge is 0.327 e. The van der Waals surface area contributed by atoms with E-state index in [9.17, 15) is 8.78 Å². The van der Waals surface area contributed by atoms with Crippen molar-refractivity contribution in [1.29, 1.82) is 0 Å². The number of rotatable bonds is 6. The second kappa shape index (κ2) is 6.76. The molecule has 0 radical (unpaired) electrons. The van der Waals surface area contributed by atoms with Crippen LogP contribution < -0.4 is 5.73 Å². The molecule has 0 saturated heterocycles. The van der Waals surface area contributed by atoms with Gasteiger partial charge in [0.2, 0.25) is 0 Å². The van der Waals surface area contributed by atoms with E-state index in [1.165, 1.54) is 18.5 Å². The third kappa shape index (κ3) is 4.32. The summed E-state index contributed by atoms with van der Waals surface area (Å²) in [6.07, 6.45) is 2.34. The molecule has 1 atom stereocenters. The Labute approximate surface area is 123 Å². The molecule has 1 unspecified atom stereocenters. The summed E-state index contributed by atoms with van der Waals surface area (Å²) in [5, 5.41) is 4.17. The molecule has 0 saturated carbocycles. The highest BCUT2D eigenvalue weighted by molar-refractivity contribution is 5.19. The summed E-state index contributed by atoms with van der Waals surface area (Å²) in [7, 11) is 0. The first-order valence-corrected chi connectivity index (χ1v) is 7.02. The smallest absolute Gasteiger partial charge is 0.138 e. The van der Waals surface area contributed by atoms with Crippen molar-refractivity contribution in [3.8, 4) is 0 Å². The van der Waals surface area contributed by atoms with Crippen molar-refractivity contribution in [1.82, 2.24) is 14.8 Å². The van der Waals surface area contributed by atoms with Crippen LogP contribution in [-0.4, -0.2) is 20.8 Å². The van der Waals surface area contributed by atoms with E-state index in [1.807, 2.05) is 4.68 Å². The fourth-order valence-corrected chi connectivity index (χ4v) is 2.22. The molecule has 0 aliphatic rings. The molecule has 114 valence electrons. The number of hydrogen-bond donors (Lipinski definition) is 1. The van der Waals surface area contributed by atoms with E-state index in [0.717, 1.165) is 18.4 Å². The fourth-order valence-electron chi connectivity index (χ4n) is 2.22. The summed E-state index contributed by atoms with van der Waals surface area (Å²) >= 11 is 0. The maximum Gasteiger partial charge on any atom is 0.138 e. The Morgan fingerprint density at radius 2 is 2.00 bits per heavy atom. The van der Waals surface area contributed by atoms with Crippen LogP contribution in [-0.2, 0) is 19.4 Å². The average Bonchev–Trinajstić information content (AvgIpc) is 2.79. The van der Waals surface area contributed by atoms with Crippen molar-refractivity contribution in [2.75, 3.05) is 0 Å². The van der Waals surface area contributed by atoms with Gasteiger partial charge in [0.25, 0.3) is 0 Å². The lowest BCUT2D eigenvalue weighted by molar-refractivity contribution is 0.456. The number of hydrogen-bond acceptors (Lipinski definition) is 3. The third-order valence-corrected chi connectivity index (χ3v) is 3.18. The third-order valence-electron chi connectivity index (χ3n) is 3.18. The molecule has 21 heavy (non-hydrogen) atoms. The van der Waals surface area contributed by atoms with E-state index < -0.39 is 11.6 Å². The lowest BCUT2D eigenvalue weighted by atomic mass is 10.0. The van der Waals surface area contributed by atoms with Crippen LogP contribution in [0.1, 0.15) is 25.2 Å². The highest BCUT2D eigenvalue weighted by atomic mass is 19.1. The van der Waals surface area contributed by atoms with Crippen molar-refractivity contribution in [3.05, 3.63) is 47.5 Å². The summed E-state index contributed by atoms with van der Waals surface area (Å²) in [6.45, 7) is 4.96. The Balaban J connectivity index is 2.01. The Kier molecular flexibility index (Phi) is 5.01. The normalized spacial score (nSPS) is 12.9. The Hall–Kier alpha value is -1.82. The van der Waals surface area contributed by atoms with E-state index >= 15 is 0 Å². The van der Waals surface area contributed by atoms with E-state index in [1.54, 1.807) is 0 Å². The van der Waals surface area contributed by atoms with Crippen LogP contribution in [0.25, 0.3) is 0 Å². The van der Waals surface area contributed by atoms with Crippen LogP contribution in [0, 0.1) is 17.6 Å². The van der Waals surface area contributed by atoms with Gasteiger partial charge in [0.05, 0.1) is 0 Å². The SMILES string of the molecule is CC(C)Cn1ncnc1CC(N)Cc1ccc(F)cc1F. The van der Waals surface area contributed by atoms with Crippen LogP contribution in [0.3, 0.4) is 0 Å². The molecule has 0 aliphatic heterocycles.